The number of aliphatic hydroxyl groups excluding tert-OH is 1. The third kappa shape index (κ3) is 3.13. The summed E-state index contributed by atoms with van der Waals surface area (Å²) in [6, 6.07) is -0.196. The van der Waals surface area contributed by atoms with Crippen LogP contribution in [0.4, 0.5) is 4.79 Å². The van der Waals surface area contributed by atoms with Crippen molar-refractivity contribution in [2.45, 2.75) is 26.8 Å². The Morgan fingerprint density at radius 3 is 2.39 bits per heavy atom. The largest absolute Gasteiger partial charge is 0.481 e. The summed E-state index contributed by atoms with van der Waals surface area (Å²) in [5.41, 5.74) is 0. The van der Waals surface area contributed by atoms with Crippen LogP contribution in [0.15, 0.2) is 0 Å². The summed E-state index contributed by atoms with van der Waals surface area (Å²) in [4.78, 5) is 26.4. The van der Waals surface area contributed by atoms with Crippen molar-refractivity contribution < 1.29 is 19.8 Å². The minimum Gasteiger partial charge on any atom is -0.481 e. The summed E-state index contributed by atoms with van der Waals surface area (Å²) >= 11 is 0. The van der Waals surface area contributed by atoms with Crippen molar-refractivity contribution in [3.63, 3.8) is 0 Å². The lowest BCUT2D eigenvalue weighted by Gasteiger charge is -2.30. The van der Waals surface area contributed by atoms with Gasteiger partial charge < -0.3 is 20.0 Å². The fourth-order valence-electron chi connectivity index (χ4n) is 2.31. The Hall–Kier alpha value is -1.30. The third-order valence-electron chi connectivity index (χ3n) is 3.41. The van der Waals surface area contributed by atoms with Crippen LogP contribution < -0.4 is 0 Å². The maximum atomic E-state index is 12.2. The number of hydrogen-bond acceptors (Lipinski definition) is 3. The van der Waals surface area contributed by atoms with Crippen molar-refractivity contribution in [1.29, 1.82) is 0 Å². The van der Waals surface area contributed by atoms with Crippen molar-refractivity contribution in [3.05, 3.63) is 0 Å². The van der Waals surface area contributed by atoms with Gasteiger partial charge in [0.05, 0.1) is 12.5 Å². The molecule has 0 saturated carbocycles. The molecule has 1 saturated heterocycles. The maximum Gasteiger partial charge on any atom is 0.320 e. The number of amides is 2. The molecular formula is C12H22N2O4. The molecular weight excluding hydrogens is 236 g/mol. The first-order valence-electron chi connectivity index (χ1n) is 6.27. The normalized spacial score (nSPS) is 23.5. The molecule has 1 aliphatic rings. The van der Waals surface area contributed by atoms with Crippen LogP contribution in [0.2, 0.25) is 0 Å². The first-order chi connectivity index (χ1) is 8.38. The molecule has 0 spiro atoms. The van der Waals surface area contributed by atoms with E-state index in [-0.39, 0.29) is 37.7 Å². The number of aliphatic hydroxyl groups is 1. The Kier molecular flexibility index (Phi) is 4.95. The summed E-state index contributed by atoms with van der Waals surface area (Å²) in [6.07, 6.45) is 0. The van der Waals surface area contributed by atoms with Gasteiger partial charge in [-0.25, -0.2) is 4.79 Å². The van der Waals surface area contributed by atoms with E-state index >= 15 is 0 Å². The van der Waals surface area contributed by atoms with E-state index in [0.717, 1.165) is 0 Å². The van der Waals surface area contributed by atoms with Crippen LogP contribution in [0.3, 0.4) is 0 Å². The monoisotopic (exact) mass is 258 g/mol. The zero-order valence-electron chi connectivity index (χ0n) is 11.2. The summed E-state index contributed by atoms with van der Waals surface area (Å²) in [6.45, 7) is 6.50. The Morgan fingerprint density at radius 2 is 2.00 bits per heavy atom. The lowest BCUT2D eigenvalue weighted by atomic mass is 9.99. The van der Waals surface area contributed by atoms with Crippen LogP contribution >= 0.6 is 0 Å². The van der Waals surface area contributed by atoms with E-state index in [4.69, 9.17) is 10.2 Å². The molecule has 6 nitrogen and oxygen atoms in total. The molecule has 0 bridgehead atoms. The standard InChI is InChI=1S/C12H22N2O4/c1-8(2)14(4-5-15)12(18)13-6-9(3)10(7-13)11(16)17/h8-10,15H,4-7H2,1-3H3,(H,16,17). The molecule has 2 unspecified atom stereocenters. The quantitative estimate of drug-likeness (QED) is 0.767. The predicted octanol–water partition coefficient (Wildman–Crippen LogP) is 0.462. The fourth-order valence-corrected chi connectivity index (χ4v) is 2.31. The number of hydrogen-bond donors (Lipinski definition) is 2. The number of aliphatic carboxylic acids is 1. The topological polar surface area (TPSA) is 81.1 Å². The van der Waals surface area contributed by atoms with Gasteiger partial charge in [-0.3, -0.25) is 4.79 Å². The number of nitrogens with zero attached hydrogens (tertiary/aromatic N) is 2. The number of likely N-dealkylation sites (tertiary alicyclic amines) is 1. The number of urea groups is 1. The second-order valence-corrected chi connectivity index (χ2v) is 5.12. The average molecular weight is 258 g/mol. The first kappa shape index (κ1) is 14.8. The van der Waals surface area contributed by atoms with Crippen LogP contribution in [0, 0.1) is 11.8 Å². The lowest BCUT2D eigenvalue weighted by Crippen LogP contribution is -2.47. The van der Waals surface area contributed by atoms with Gasteiger partial charge in [0, 0.05) is 25.7 Å². The van der Waals surface area contributed by atoms with E-state index in [1.807, 2.05) is 20.8 Å². The molecule has 2 amide bonds. The molecule has 0 aromatic heterocycles. The zero-order valence-corrected chi connectivity index (χ0v) is 11.2. The van der Waals surface area contributed by atoms with Crippen molar-refractivity contribution in [2.75, 3.05) is 26.2 Å². The minimum atomic E-state index is -0.851. The molecule has 1 heterocycles. The number of carboxylic acid groups (broad SMARTS) is 1. The summed E-state index contributed by atoms with van der Waals surface area (Å²) in [5, 5.41) is 18.0. The molecule has 2 N–H and O–H groups in total. The van der Waals surface area contributed by atoms with Gasteiger partial charge in [-0.15, -0.1) is 0 Å². The number of carbonyl (C=O) groups excluding carboxylic acids is 1. The third-order valence-corrected chi connectivity index (χ3v) is 3.41. The molecule has 0 aromatic rings. The van der Waals surface area contributed by atoms with Gasteiger partial charge in [0.25, 0.3) is 0 Å². The number of rotatable bonds is 4. The maximum absolute atomic E-state index is 12.2. The Balaban J connectivity index is 2.70. The van der Waals surface area contributed by atoms with E-state index < -0.39 is 11.9 Å². The minimum absolute atomic E-state index is 0.0103. The van der Waals surface area contributed by atoms with Crippen molar-refractivity contribution in [3.8, 4) is 0 Å². The second-order valence-electron chi connectivity index (χ2n) is 5.12. The number of carbonyl (C=O) groups is 2. The SMILES string of the molecule is CC1CN(C(=O)N(CCO)C(C)C)CC1C(=O)O. The molecule has 6 heteroatoms. The molecule has 0 radical (unpaired) electrons. The van der Waals surface area contributed by atoms with Gasteiger partial charge in [0.15, 0.2) is 0 Å². The average Bonchev–Trinajstić information content (AvgIpc) is 2.67. The Bertz CT molecular complexity index is 319. The fraction of sp³-hybridized carbons (Fsp3) is 0.833. The van der Waals surface area contributed by atoms with Crippen LogP contribution in [0.5, 0.6) is 0 Å². The van der Waals surface area contributed by atoms with Crippen LogP contribution in [-0.4, -0.2) is 64.3 Å². The predicted molar refractivity (Wildman–Crippen MR) is 66.2 cm³/mol. The van der Waals surface area contributed by atoms with Crippen molar-refractivity contribution >= 4 is 12.0 Å². The highest BCUT2D eigenvalue weighted by molar-refractivity contribution is 5.78. The highest BCUT2D eigenvalue weighted by atomic mass is 16.4. The lowest BCUT2D eigenvalue weighted by molar-refractivity contribution is -0.142. The highest BCUT2D eigenvalue weighted by Gasteiger charge is 2.38. The van der Waals surface area contributed by atoms with E-state index in [1.54, 1.807) is 9.80 Å². The van der Waals surface area contributed by atoms with E-state index in [9.17, 15) is 9.59 Å². The molecule has 1 rings (SSSR count). The molecule has 2 atom stereocenters. The molecule has 1 fully saturated rings. The van der Waals surface area contributed by atoms with E-state index in [0.29, 0.717) is 6.54 Å². The Morgan fingerprint density at radius 1 is 1.39 bits per heavy atom. The summed E-state index contributed by atoms with van der Waals surface area (Å²) in [5.74, 6) is -1.37. The molecule has 18 heavy (non-hydrogen) atoms. The summed E-state index contributed by atoms with van der Waals surface area (Å²) < 4.78 is 0. The second kappa shape index (κ2) is 6.04. The number of carboxylic acids is 1. The van der Waals surface area contributed by atoms with Gasteiger partial charge >= 0.3 is 12.0 Å². The van der Waals surface area contributed by atoms with Gasteiger partial charge in [-0.1, -0.05) is 6.92 Å². The van der Waals surface area contributed by atoms with E-state index in [2.05, 4.69) is 0 Å². The Labute approximate surface area is 107 Å². The molecule has 104 valence electrons. The van der Waals surface area contributed by atoms with Crippen molar-refractivity contribution in [1.82, 2.24) is 9.80 Å². The molecule has 1 aliphatic heterocycles. The first-order valence-corrected chi connectivity index (χ1v) is 6.27. The van der Waals surface area contributed by atoms with Gasteiger partial charge in [-0.05, 0) is 19.8 Å². The zero-order chi connectivity index (χ0) is 13.9. The van der Waals surface area contributed by atoms with Crippen LogP contribution in [0.25, 0.3) is 0 Å². The van der Waals surface area contributed by atoms with E-state index in [1.165, 1.54) is 0 Å². The van der Waals surface area contributed by atoms with Gasteiger partial charge in [-0.2, -0.15) is 0 Å². The van der Waals surface area contributed by atoms with Crippen LogP contribution in [-0.2, 0) is 4.79 Å². The molecule has 0 aromatic carbocycles. The highest BCUT2D eigenvalue weighted by Crippen LogP contribution is 2.24. The van der Waals surface area contributed by atoms with Crippen LogP contribution in [0.1, 0.15) is 20.8 Å². The molecule has 0 aliphatic carbocycles. The van der Waals surface area contributed by atoms with Gasteiger partial charge in [0.1, 0.15) is 0 Å². The van der Waals surface area contributed by atoms with Crippen molar-refractivity contribution in [2.24, 2.45) is 11.8 Å². The smallest absolute Gasteiger partial charge is 0.320 e. The summed E-state index contributed by atoms with van der Waals surface area (Å²) in [7, 11) is 0. The van der Waals surface area contributed by atoms with Gasteiger partial charge in [0.2, 0.25) is 0 Å².